The number of aliphatic hydroxyl groups excluding tert-OH is 2. The summed E-state index contributed by atoms with van der Waals surface area (Å²) < 4.78 is 31.8. The zero-order chi connectivity index (χ0) is 20.4. The molecule has 0 saturated carbocycles. The summed E-state index contributed by atoms with van der Waals surface area (Å²) in [6.07, 6.45) is -0.306. The maximum Gasteiger partial charge on any atom is 0.498 e. The van der Waals surface area contributed by atoms with E-state index in [1.807, 2.05) is 0 Å². The molecule has 0 fully saturated rings. The summed E-state index contributed by atoms with van der Waals surface area (Å²) in [6.45, 7) is 6.09. The highest BCUT2D eigenvalue weighted by atomic mass is 28.4. The van der Waals surface area contributed by atoms with Gasteiger partial charge in [-0.25, -0.2) is 0 Å². The summed E-state index contributed by atoms with van der Waals surface area (Å²) in [5, 5.41) is 17.4. The van der Waals surface area contributed by atoms with Crippen LogP contribution in [0, 0.1) is 0 Å². The van der Waals surface area contributed by atoms with Crippen LogP contribution in [0.4, 0.5) is 0 Å². The Bertz CT molecular complexity index is 320. The fraction of sp³-hybridized carbons (Fsp3) is 1.00. The van der Waals surface area contributed by atoms with Crippen molar-refractivity contribution < 1.29 is 47.9 Å². The minimum Gasteiger partial charge on any atom is -0.394 e. The Hall–Kier alpha value is -0.183. The van der Waals surface area contributed by atoms with Gasteiger partial charge in [0, 0.05) is 5.54 Å². The molecule has 4 N–H and O–H groups in total. The first kappa shape index (κ1) is 26.8. The maximum atomic E-state index is 9.63. The van der Waals surface area contributed by atoms with E-state index in [0.29, 0.717) is 33.0 Å². The molecule has 1 unspecified atom stereocenters. The van der Waals surface area contributed by atoms with Crippen LogP contribution in [0.25, 0.3) is 0 Å². The van der Waals surface area contributed by atoms with Crippen molar-refractivity contribution in [1.29, 1.82) is 0 Å². The first-order valence-electron chi connectivity index (χ1n) is 9.17. The SMILES string of the molecule is CC(C)[Si](O)(O)OCCOCCOCC(COCCO)OCCOCCO. The summed E-state index contributed by atoms with van der Waals surface area (Å²) in [7, 11) is -3.59. The first-order chi connectivity index (χ1) is 12.9. The van der Waals surface area contributed by atoms with Crippen LogP contribution in [0.1, 0.15) is 13.8 Å². The zero-order valence-corrected chi connectivity index (χ0v) is 17.4. The van der Waals surface area contributed by atoms with E-state index >= 15 is 0 Å². The van der Waals surface area contributed by atoms with E-state index in [0.717, 1.165) is 0 Å². The normalized spacial score (nSPS) is 13.4. The number of hydrogen-bond acceptors (Lipinski definition) is 10. The van der Waals surface area contributed by atoms with Crippen molar-refractivity contribution in [1.82, 2.24) is 0 Å². The van der Waals surface area contributed by atoms with Crippen molar-refractivity contribution in [3.63, 3.8) is 0 Å². The van der Waals surface area contributed by atoms with Crippen molar-refractivity contribution in [2.45, 2.75) is 25.5 Å². The third-order valence-corrected chi connectivity index (χ3v) is 5.46. The molecule has 0 aliphatic rings. The number of rotatable bonds is 20. The molecule has 0 heterocycles. The molecule has 0 aliphatic carbocycles. The molecule has 11 heteroatoms. The molecule has 27 heavy (non-hydrogen) atoms. The largest absolute Gasteiger partial charge is 0.498 e. The van der Waals surface area contributed by atoms with E-state index < -0.39 is 8.80 Å². The standard InChI is InChI=1S/C16H36O10Si/c1-15(2)27(19,20)26-12-10-22-7-8-24-14-16(13-23-6-4-18)25-11-9-21-5-3-17/h15-20H,3-14H2,1-2H3. The van der Waals surface area contributed by atoms with Crippen LogP contribution in [-0.2, 0) is 28.1 Å². The molecule has 0 aromatic rings. The van der Waals surface area contributed by atoms with Crippen molar-refractivity contribution >= 4 is 8.80 Å². The van der Waals surface area contributed by atoms with E-state index in [1.165, 1.54) is 0 Å². The quantitative estimate of drug-likeness (QED) is 0.141. The van der Waals surface area contributed by atoms with Crippen molar-refractivity contribution in [2.24, 2.45) is 0 Å². The monoisotopic (exact) mass is 416 g/mol. The fourth-order valence-corrected chi connectivity index (χ4v) is 2.43. The molecule has 0 amide bonds. The van der Waals surface area contributed by atoms with Crippen LogP contribution in [-0.4, -0.2) is 114 Å². The third kappa shape index (κ3) is 16.5. The van der Waals surface area contributed by atoms with Gasteiger partial charge in [0.25, 0.3) is 0 Å². The van der Waals surface area contributed by atoms with Crippen LogP contribution >= 0.6 is 0 Å². The van der Waals surface area contributed by atoms with Gasteiger partial charge in [-0.1, -0.05) is 13.8 Å². The van der Waals surface area contributed by atoms with E-state index in [-0.39, 0.29) is 57.9 Å². The second-order valence-corrected chi connectivity index (χ2v) is 8.74. The smallest absolute Gasteiger partial charge is 0.394 e. The van der Waals surface area contributed by atoms with Gasteiger partial charge >= 0.3 is 8.80 Å². The summed E-state index contributed by atoms with van der Waals surface area (Å²) in [6, 6.07) is 0. The summed E-state index contributed by atoms with van der Waals surface area (Å²) in [5.41, 5.74) is -0.306. The summed E-state index contributed by atoms with van der Waals surface area (Å²) in [4.78, 5) is 19.3. The van der Waals surface area contributed by atoms with E-state index in [1.54, 1.807) is 13.8 Å². The lowest BCUT2D eigenvalue weighted by atomic mass is 10.4. The third-order valence-electron chi connectivity index (χ3n) is 3.33. The Labute approximate surface area is 162 Å². The van der Waals surface area contributed by atoms with Crippen LogP contribution < -0.4 is 0 Å². The van der Waals surface area contributed by atoms with E-state index in [9.17, 15) is 9.59 Å². The Morgan fingerprint density at radius 3 is 1.78 bits per heavy atom. The minimum atomic E-state index is -3.59. The molecule has 164 valence electrons. The molecule has 0 aromatic heterocycles. The van der Waals surface area contributed by atoms with Crippen LogP contribution in [0.5, 0.6) is 0 Å². The molecule has 0 bridgehead atoms. The molecular weight excluding hydrogens is 380 g/mol. The Kier molecular flexibility index (Phi) is 17.8. The van der Waals surface area contributed by atoms with Crippen molar-refractivity contribution in [2.75, 3.05) is 79.3 Å². The molecule has 0 aromatic carbocycles. The topological polar surface area (TPSA) is 136 Å². The molecule has 0 aliphatic heterocycles. The van der Waals surface area contributed by atoms with Gasteiger partial charge in [0.1, 0.15) is 6.10 Å². The van der Waals surface area contributed by atoms with Gasteiger partial charge in [0.15, 0.2) is 0 Å². The van der Waals surface area contributed by atoms with Gasteiger partial charge in [-0.15, -0.1) is 0 Å². The minimum absolute atomic E-state index is 0.0333. The molecule has 10 nitrogen and oxygen atoms in total. The molecule has 0 radical (unpaired) electrons. The number of ether oxygens (including phenoxy) is 5. The Morgan fingerprint density at radius 1 is 0.667 bits per heavy atom. The number of hydrogen-bond donors (Lipinski definition) is 4. The maximum absolute atomic E-state index is 9.63. The van der Waals surface area contributed by atoms with Crippen molar-refractivity contribution in [3.8, 4) is 0 Å². The Balaban J connectivity index is 3.74. The lowest BCUT2D eigenvalue weighted by Gasteiger charge is -2.21. The molecule has 0 spiro atoms. The lowest BCUT2D eigenvalue weighted by molar-refractivity contribution is -0.0826. The predicted molar refractivity (Wildman–Crippen MR) is 98.4 cm³/mol. The van der Waals surface area contributed by atoms with Gasteiger partial charge in [-0.05, 0) is 0 Å². The molecule has 0 rings (SSSR count). The Morgan fingerprint density at radius 2 is 1.15 bits per heavy atom. The van der Waals surface area contributed by atoms with E-state index in [2.05, 4.69) is 0 Å². The average molecular weight is 417 g/mol. The van der Waals surface area contributed by atoms with Gasteiger partial charge < -0.3 is 47.9 Å². The van der Waals surface area contributed by atoms with E-state index in [4.69, 9.17) is 38.3 Å². The average Bonchev–Trinajstić information content (AvgIpc) is 2.63. The van der Waals surface area contributed by atoms with Crippen LogP contribution in [0.3, 0.4) is 0 Å². The van der Waals surface area contributed by atoms with Crippen LogP contribution in [0.2, 0.25) is 5.54 Å². The lowest BCUT2D eigenvalue weighted by Crippen LogP contribution is -2.43. The zero-order valence-electron chi connectivity index (χ0n) is 16.4. The predicted octanol–water partition coefficient (Wildman–Crippen LogP) is -1.23. The fourth-order valence-electron chi connectivity index (χ4n) is 1.72. The summed E-state index contributed by atoms with van der Waals surface area (Å²) in [5.74, 6) is 0. The molecular formula is C16H36O10Si. The first-order valence-corrected chi connectivity index (χ1v) is 11.0. The van der Waals surface area contributed by atoms with Gasteiger partial charge in [-0.2, -0.15) is 0 Å². The second kappa shape index (κ2) is 17.9. The van der Waals surface area contributed by atoms with Crippen molar-refractivity contribution in [3.05, 3.63) is 0 Å². The summed E-state index contributed by atoms with van der Waals surface area (Å²) >= 11 is 0. The highest BCUT2D eigenvalue weighted by molar-refractivity contribution is 6.59. The second-order valence-electron chi connectivity index (χ2n) is 5.98. The molecule has 0 saturated heterocycles. The number of aliphatic hydroxyl groups is 2. The van der Waals surface area contributed by atoms with Crippen LogP contribution in [0.15, 0.2) is 0 Å². The van der Waals surface area contributed by atoms with Gasteiger partial charge in [0.2, 0.25) is 0 Å². The highest BCUT2D eigenvalue weighted by Crippen LogP contribution is 2.14. The molecule has 1 atom stereocenters. The van der Waals surface area contributed by atoms with Gasteiger partial charge in [0.05, 0.1) is 79.3 Å². The van der Waals surface area contributed by atoms with Gasteiger partial charge in [-0.3, -0.25) is 0 Å². The highest BCUT2D eigenvalue weighted by Gasteiger charge is 2.36.